The molecule has 5 rings (SSSR count). The Balaban J connectivity index is 0.000000331. The van der Waals surface area contributed by atoms with Crippen LogP contribution in [-0.2, 0) is 27.2 Å². The van der Waals surface area contributed by atoms with Gasteiger partial charge in [0.15, 0.2) is 0 Å². The maximum Gasteiger partial charge on any atom is 0.328 e. The molecule has 7 heteroatoms. The van der Waals surface area contributed by atoms with Crippen molar-refractivity contribution in [1.29, 1.82) is 5.26 Å². The smallest absolute Gasteiger partial charge is 0.328 e. The molecule has 2 N–H and O–H groups in total. The molecule has 36 heavy (non-hydrogen) atoms. The average molecular weight is 489 g/mol. The minimum Gasteiger partial charge on any atom is -0.478 e. The molecule has 188 valence electrons. The number of carboxylic acids is 2. The van der Waals surface area contributed by atoms with Crippen molar-refractivity contribution in [2.75, 3.05) is 6.54 Å². The highest BCUT2D eigenvalue weighted by molar-refractivity contribution is 5.89. The van der Waals surface area contributed by atoms with Crippen LogP contribution in [0, 0.1) is 11.3 Å². The topological polar surface area (TPSA) is 111 Å². The largest absolute Gasteiger partial charge is 0.478 e. The summed E-state index contributed by atoms with van der Waals surface area (Å²) in [5.74, 6) is -2.51. The Labute approximate surface area is 211 Å². The van der Waals surface area contributed by atoms with Crippen LogP contribution in [0.4, 0.5) is 0 Å². The third-order valence-electron chi connectivity index (χ3n) is 7.36. The molecule has 2 heterocycles. The normalized spacial score (nSPS) is 23.0. The summed E-state index contributed by atoms with van der Waals surface area (Å²) in [7, 11) is 0. The molecule has 2 aliphatic heterocycles. The summed E-state index contributed by atoms with van der Waals surface area (Å²) < 4.78 is 6.91. The third kappa shape index (κ3) is 6.20. The number of piperidine rings is 1. The quantitative estimate of drug-likeness (QED) is 0.576. The van der Waals surface area contributed by atoms with Crippen molar-refractivity contribution in [3.8, 4) is 6.07 Å². The second-order valence-electron chi connectivity index (χ2n) is 9.55. The number of fused-ring (bicyclic) bond motifs is 4. The van der Waals surface area contributed by atoms with Gasteiger partial charge >= 0.3 is 11.9 Å². The lowest BCUT2D eigenvalue weighted by Crippen LogP contribution is -2.46. The second-order valence-corrected chi connectivity index (χ2v) is 9.55. The fourth-order valence-corrected chi connectivity index (χ4v) is 5.83. The molecule has 1 unspecified atom stereocenters. The van der Waals surface area contributed by atoms with E-state index < -0.39 is 11.9 Å². The molecular formula is C29H32N2O5. The molecule has 3 atom stereocenters. The van der Waals surface area contributed by atoms with Crippen LogP contribution < -0.4 is 0 Å². The number of benzene rings is 2. The molecule has 0 saturated carbocycles. The van der Waals surface area contributed by atoms with Gasteiger partial charge in [-0.05, 0) is 60.8 Å². The number of aliphatic carboxylic acids is 2. The zero-order valence-electron chi connectivity index (χ0n) is 20.3. The van der Waals surface area contributed by atoms with Gasteiger partial charge in [0.25, 0.3) is 0 Å². The van der Waals surface area contributed by atoms with E-state index in [1.165, 1.54) is 35.1 Å². The number of aryl methyl sites for hydroxylation is 2. The zero-order chi connectivity index (χ0) is 25.5. The van der Waals surface area contributed by atoms with Crippen LogP contribution in [-0.4, -0.2) is 51.8 Å². The minimum absolute atomic E-state index is 0.0463. The first-order valence-corrected chi connectivity index (χ1v) is 12.5. The van der Waals surface area contributed by atoms with Gasteiger partial charge in [-0.2, -0.15) is 5.26 Å². The Hall–Kier alpha value is -3.47. The summed E-state index contributed by atoms with van der Waals surface area (Å²) in [5.41, 5.74) is 5.56. The van der Waals surface area contributed by atoms with E-state index in [4.69, 9.17) is 20.2 Å². The molecule has 0 aromatic heterocycles. The molecule has 2 aromatic carbocycles. The summed E-state index contributed by atoms with van der Waals surface area (Å²) >= 11 is 0. The number of nitrogens with zero attached hydrogens (tertiary/aromatic N) is 2. The SMILES string of the molecule is N#CCCN1[C@@H]2CC[C@H]1CC(OC1c3ccccc3CCc3ccccc31)C2.O=C(O)/C=C\C(=O)O. The standard InChI is InChI=1S/C25H28N2O.C4H4O4/c26-14-5-15-27-20-12-13-21(27)17-22(16-20)28-25-23-8-3-1-6-18(23)10-11-19-7-2-4-9-24(19)25;5-3(6)1-2-4(7)8/h1-4,6-9,20-22,25H,5,10-13,15-17H2;1-2H,(H,5,6)(H,7,8)/b;2-1-/t20-,21+,22?;. The molecule has 7 nitrogen and oxygen atoms in total. The van der Waals surface area contributed by atoms with Gasteiger partial charge in [0, 0.05) is 37.2 Å². The van der Waals surface area contributed by atoms with Crippen LogP contribution in [0.25, 0.3) is 0 Å². The molecule has 0 radical (unpaired) electrons. The van der Waals surface area contributed by atoms with Gasteiger partial charge in [0.2, 0.25) is 0 Å². The molecule has 0 amide bonds. The highest BCUT2D eigenvalue weighted by Gasteiger charge is 2.42. The lowest BCUT2D eigenvalue weighted by atomic mass is 9.95. The van der Waals surface area contributed by atoms with Gasteiger partial charge in [-0.1, -0.05) is 48.5 Å². The number of ether oxygens (including phenoxy) is 1. The van der Waals surface area contributed by atoms with Crippen molar-refractivity contribution in [3.63, 3.8) is 0 Å². The number of carboxylic acid groups (broad SMARTS) is 2. The van der Waals surface area contributed by atoms with Gasteiger partial charge in [-0.3, -0.25) is 4.90 Å². The van der Waals surface area contributed by atoms with Gasteiger partial charge in [0.05, 0.1) is 12.2 Å². The predicted octanol–water partition coefficient (Wildman–Crippen LogP) is 4.51. The van der Waals surface area contributed by atoms with Crippen LogP contribution in [0.15, 0.2) is 60.7 Å². The molecule has 0 spiro atoms. The monoisotopic (exact) mass is 488 g/mol. The van der Waals surface area contributed by atoms with E-state index in [-0.39, 0.29) is 6.10 Å². The van der Waals surface area contributed by atoms with E-state index in [0.717, 1.165) is 32.2 Å². The second kappa shape index (κ2) is 12.0. The highest BCUT2D eigenvalue weighted by Crippen LogP contribution is 2.41. The summed E-state index contributed by atoms with van der Waals surface area (Å²) in [4.78, 5) is 21.7. The summed E-state index contributed by atoms with van der Waals surface area (Å²) in [6, 6.07) is 21.2. The number of hydrogen-bond acceptors (Lipinski definition) is 5. The van der Waals surface area contributed by atoms with E-state index in [1.54, 1.807) is 0 Å². The fraction of sp³-hybridized carbons (Fsp3) is 0.414. The summed E-state index contributed by atoms with van der Waals surface area (Å²) in [5, 5.41) is 24.6. The fourth-order valence-electron chi connectivity index (χ4n) is 5.83. The van der Waals surface area contributed by atoms with E-state index in [0.29, 0.717) is 36.8 Å². The Morgan fingerprint density at radius 1 is 0.917 bits per heavy atom. The molecule has 3 aliphatic rings. The summed E-state index contributed by atoms with van der Waals surface area (Å²) in [6.45, 7) is 0.924. The van der Waals surface area contributed by atoms with Crippen LogP contribution in [0.2, 0.25) is 0 Å². The Bertz CT molecular complexity index is 1080. The van der Waals surface area contributed by atoms with Crippen LogP contribution >= 0.6 is 0 Å². The summed E-state index contributed by atoms with van der Waals surface area (Å²) in [6.07, 6.45) is 9.00. The third-order valence-corrected chi connectivity index (χ3v) is 7.36. The number of hydrogen-bond donors (Lipinski definition) is 2. The Morgan fingerprint density at radius 2 is 1.42 bits per heavy atom. The van der Waals surface area contributed by atoms with Crippen molar-refractivity contribution in [1.82, 2.24) is 4.90 Å². The average Bonchev–Trinajstić information content (AvgIpc) is 3.03. The Morgan fingerprint density at radius 3 is 1.89 bits per heavy atom. The lowest BCUT2D eigenvalue weighted by molar-refractivity contribution is -0.134. The van der Waals surface area contributed by atoms with E-state index in [9.17, 15) is 9.59 Å². The first-order chi connectivity index (χ1) is 17.5. The molecule has 2 fully saturated rings. The van der Waals surface area contributed by atoms with Gasteiger partial charge < -0.3 is 14.9 Å². The van der Waals surface area contributed by atoms with Crippen molar-refractivity contribution in [3.05, 3.63) is 82.9 Å². The number of carbonyl (C=O) groups is 2. The zero-order valence-corrected chi connectivity index (χ0v) is 20.3. The highest BCUT2D eigenvalue weighted by atomic mass is 16.5. The van der Waals surface area contributed by atoms with E-state index in [1.807, 2.05) is 0 Å². The van der Waals surface area contributed by atoms with Crippen molar-refractivity contribution in [2.45, 2.75) is 69.2 Å². The van der Waals surface area contributed by atoms with Crippen LogP contribution in [0.1, 0.15) is 60.5 Å². The minimum atomic E-state index is -1.26. The maximum atomic E-state index is 9.55. The molecule has 1 aliphatic carbocycles. The first-order valence-electron chi connectivity index (χ1n) is 12.5. The van der Waals surface area contributed by atoms with Crippen molar-refractivity contribution >= 4 is 11.9 Å². The Kier molecular flexibility index (Phi) is 8.52. The first kappa shape index (κ1) is 25.6. The van der Waals surface area contributed by atoms with Crippen LogP contribution in [0.3, 0.4) is 0 Å². The molecule has 2 bridgehead atoms. The molecule has 2 saturated heterocycles. The van der Waals surface area contributed by atoms with Gasteiger partial charge in [-0.15, -0.1) is 0 Å². The van der Waals surface area contributed by atoms with Crippen molar-refractivity contribution < 1.29 is 24.5 Å². The lowest BCUT2D eigenvalue weighted by Gasteiger charge is -2.40. The maximum absolute atomic E-state index is 9.55. The van der Waals surface area contributed by atoms with Crippen LogP contribution in [0.5, 0.6) is 0 Å². The number of nitriles is 1. The van der Waals surface area contributed by atoms with Gasteiger partial charge in [-0.25, -0.2) is 9.59 Å². The molecule has 2 aromatic rings. The van der Waals surface area contributed by atoms with E-state index in [2.05, 4.69) is 59.5 Å². The van der Waals surface area contributed by atoms with E-state index >= 15 is 0 Å². The predicted molar refractivity (Wildman–Crippen MR) is 134 cm³/mol. The van der Waals surface area contributed by atoms with Crippen molar-refractivity contribution in [2.24, 2.45) is 0 Å². The number of rotatable bonds is 6. The van der Waals surface area contributed by atoms with Gasteiger partial charge in [0.1, 0.15) is 6.10 Å². The molecular weight excluding hydrogens is 456 g/mol.